The summed E-state index contributed by atoms with van der Waals surface area (Å²) in [6.07, 6.45) is 1.75. The molecule has 2 rings (SSSR count). The number of hydrogen-bond donors (Lipinski definition) is 0. The third kappa shape index (κ3) is 2.87. The van der Waals surface area contributed by atoms with Gasteiger partial charge in [-0.05, 0) is 30.7 Å². The van der Waals surface area contributed by atoms with Crippen LogP contribution in [0.1, 0.15) is 11.1 Å². The molecule has 0 aromatic heterocycles. The fourth-order valence-electron chi connectivity index (χ4n) is 1.45. The van der Waals surface area contributed by atoms with Gasteiger partial charge in [-0.25, -0.2) is 0 Å². The van der Waals surface area contributed by atoms with Crippen molar-refractivity contribution in [2.45, 2.75) is 6.92 Å². The molecule has 2 aromatic carbocycles. The Balaban J connectivity index is 2.33. The normalized spacial score (nSPS) is 11.0. The molecule has 0 radical (unpaired) electrons. The zero-order chi connectivity index (χ0) is 12.3. The maximum atomic E-state index is 6.04. The van der Waals surface area contributed by atoms with Gasteiger partial charge < -0.3 is 0 Å². The third-order valence-corrected chi connectivity index (χ3v) is 3.24. The minimum atomic E-state index is 0.691. The fraction of sp³-hybridized carbons (Fsp3) is 0.0714. The van der Waals surface area contributed by atoms with Crippen LogP contribution in [-0.2, 0) is 0 Å². The van der Waals surface area contributed by atoms with Crippen LogP contribution in [0.15, 0.2) is 47.5 Å². The first-order chi connectivity index (χ1) is 8.18. The summed E-state index contributed by atoms with van der Waals surface area (Å²) in [6.45, 7) is 1.95. The number of hydrogen-bond acceptors (Lipinski definition) is 1. The molecule has 3 heteroatoms. The van der Waals surface area contributed by atoms with E-state index in [1.54, 1.807) is 6.21 Å². The molecule has 0 aliphatic rings. The molecular formula is C14H11Cl2N. The molecule has 86 valence electrons. The van der Waals surface area contributed by atoms with Crippen molar-refractivity contribution in [3.63, 3.8) is 0 Å². The Morgan fingerprint density at radius 1 is 0.941 bits per heavy atom. The second kappa shape index (κ2) is 5.35. The molecule has 0 heterocycles. The summed E-state index contributed by atoms with van der Waals surface area (Å²) in [5, 5.41) is 1.41. The molecule has 0 amide bonds. The Bertz CT molecular complexity index is 562. The highest BCUT2D eigenvalue weighted by molar-refractivity contribution is 6.33. The second-order valence-corrected chi connectivity index (χ2v) is 4.48. The summed E-state index contributed by atoms with van der Waals surface area (Å²) < 4.78 is 0. The Morgan fingerprint density at radius 2 is 1.65 bits per heavy atom. The van der Waals surface area contributed by atoms with Crippen LogP contribution in [0.5, 0.6) is 0 Å². The summed E-state index contributed by atoms with van der Waals surface area (Å²) in [5.41, 5.74) is 2.73. The molecule has 0 atom stereocenters. The number of aliphatic imine (C=N–C) groups is 1. The van der Waals surface area contributed by atoms with Gasteiger partial charge in [-0.15, -0.1) is 0 Å². The standard InChI is InChI=1S/C14H11Cl2N/c1-10-12(15)7-4-8-14(10)17-9-11-5-2-3-6-13(11)16/h2-9H,1H3. The van der Waals surface area contributed by atoms with Crippen molar-refractivity contribution in [1.29, 1.82) is 0 Å². The third-order valence-electron chi connectivity index (χ3n) is 2.49. The number of rotatable bonds is 2. The average molecular weight is 264 g/mol. The molecule has 0 saturated carbocycles. The van der Waals surface area contributed by atoms with E-state index in [-0.39, 0.29) is 0 Å². The quantitative estimate of drug-likeness (QED) is 0.673. The minimum absolute atomic E-state index is 0.691. The summed E-state index contributed by atoms with van der Waals surface area (Å²) in [5.74, 6) is 0. The van der Waals surface area contributed by atoms with Crippen molar-refractivity contribution in [3.8, 4) is 0 Å². The average Bonchev–Trinajstić information content (AvgIpc) is 2.33. The highest BCUT2D eigenvalue weighted by Crippen LogP contribution is 2.25. The zero-order valence-electron chi connectivity index (χ0n) is 9.32. The Hall–Kier alpha value is -1.31. The molecule has 0 aliphatic carbocycles. The van der Waals surface area contributed by atoms with Crippen LogP contribution in [0.3, 0.4) is 0 Å². The van der Waals surface area contributed by atoms with Crippen molar-refractivity contribution in [2.75, 3.05) is 0 Å². The molecule has 17 heavy (non-hydrogen) atoms. The van der Waals surface area contributed by atoms with E-state index < -0.39 is 0 Å². The molecule has 0 spiro atoms. The van der Waals surface area contributed by atoms with Gasteiger partial charge in [0.1, 0.15) is 0 Å². The molecule has 0 unspecified atom stereocenters. The van der Waals surface area contributed by atoms with E-state index in [1.165, 1.54) is 0 Å². The highest BCUT2D eigenvalue weighted by Gasteiger charge is 2.00. The van der Waals surface area contributed by atoms with Gasteiger partial charge in [0.25, 0.3) is 0 Å². The van der Waals surface area contributed by atoms with Gasteiger partial charge in [0.2, 0.25) is 0 Å². The molecule has 0 aliphatic heterocycles. The molecular weight excluding hydrogens is 253 g/mol. The molecule has 0 saturated heterocycles. The van der Waals surface area contributed by atoms with Crippen LogP contribution in [-0.4, -0.2) is 6.21 Å². The fourth-order valence-corrected chi connectivity index (χ4v) is 1.81. The van der Waals surface area contributed by atoms with Crippen LogP contribution in [0.4, 0.5) is 5.69 Å². The van der Waals surface area contributed by atoms with Crippen LogP contribution in [0, 0.1) is 6.92 Å². The van der Waals surface area contributed by atoms with E-state index in [4.69, 9.17) is 23.2 Å². The Kier molecular flexibility index (Phi) is 3.82. The molecule has 0 fully saturated rings. The van der Waals surface area contributed by atoms with Crippen molar-refractivity contribution < 1.29 is 0 Å². The topological polar surface area (TPSA) is 12.4 Å². The number of halogens is 2. The SMILES string of the molecule is Cc1c(Cl)cccc1N=Cc1ccccc1Cl. The van der Waals surface area contributed by atoms with Crippen LogP contribution < -0.4 is 0 Å². The van der Waals surface area contributed by atoms with Crippen LogP contribution in [0.2, 0.25) is 10.0 Å². The van der Waals surface area contributed by atoms with Gasteiger partial charge in [-0.3, -0.25) is 4.99 Å². The monoisotopic (exact) mass is 263 g/mol. The summed E-state index contributed by atoms with van der Waals surface area (Å²) in [7, 11) is 0. The van der Waals surface area contributed by atoms with E-state index >= 15 is 0 Å². The zero-order valence-corrected chi connectivity index (χ0v) is 10.8. The lowest BCUT2D eigenvalue weighted by Gasteiger charge is -2.02. The van der Waals surface area contributed by atoms with E-state index in [0.717, 1.165) is 21.8 Å². The smallest absolute Gasteiger partial charge is 0.0673 e. The highest BCUT2D eigenvalue weighted by atomic mass is 35.5. The van der Waals surface area contributed by atoms with Gasteiger partial charge >= 0.3 is 0 Å². The first-order valence-corrected chi connectivity index (χ1v) is 5.98. The minimum Gasteiger partial charge on any atom is -0.256 e. The largest absolute Gasteiger partial charge is 0.256 e. The lowest BCUT2D eigenvalue weighted by molar-refractivity contribution is 1.40. The maximum absolute atomic E-state index is 6.04. The maximum Gasteiger partial charge on any atom is 0.0673 e. The van der Waals surface area contributed by atoms with Gasteiger partial charge in [-0.2, -0.15) is 0 Å². The van der Waals surface area contributed by atoms with E-state index in [2.05, 4.69) is 4.99 Å². The van der Waals surface area contributed by atoms with Crippen molar-refractivity contribution in [3.05, 3.63) is 63.6 Å². The molecule has 2 aromatic rings. The summed E-state index contributed by atoms with van der Waals surface area (Å²) in [6, 6.07) is 13.2. The summed E-state index contributed by atoms with van der Waals surface area (Å²) >= 11 is 12.1. The van der Waals surface area contributed by atoms with Gasteiger partial charge in [-0.1, -0.05) is 47.5 Å². The molecule has 0 bridgehead atoms. The van der Waals surface area contributed by atoms with Crippen LogP contribution >= 0.6 is 23.2 Å². The van der Waals surface area contributed by atoms with Crippen molar-refractivity contribution in [2.24, 2.45) is 4.99 Å². The molecule has 1 nitrogen and oxygen atoms in total. The van der Waals surface area contributed by atoms with Crippen molar-refractivity contribution in [1.82, 2.24) is 0 Å². The first kappa shape index (κ1) is 12.2. The lowest BCUT2D eigenvalue weighted by atomic mass is 10.2. The van der Waals surface area contributed by atoms with E-state index in [0.29, 0.717) is 5.02 Å². The first-order valence-electron chi connectivity index (χ1n) is 5.22. The van der Waals surface area contributed by atoms with Crippen LogP contribution in [0.25, 0.3) is 0 Å². The van der Waals surface area contributed by atoms with E-state index in [9.17, 15) is 0 Å². The van der Waals surface area contributed by atoms with Gasteiger partial charge in [0, 0.05) is 21.8 Å². The van der Waals surface area contributed by atoms with E-state index in [1.807, 2.05) is 49.4 Å². The van der Waals surface area contributed by atoms with Crippen molar-refractivity contribution >= 4 is 35.1 Å². The predicted molar refractivity (Wildman–Crippen MR) is 74.9 cm³/mol. The predicted octanol–water partition coefficient (Wildman–Crippen LogP) is 5.05. The number of benzene rings is 2. The summed E-state index contributed by atoms with van der Waals surface area (Å²) in [4.78, 5) is 4.40. The van der Waals surface area contributed by atoms with Gasteiger partial charge in [0.05, 0.1) is 5.69 Å². The van der Waals surface area contributed by atoms with Gasteiger partial charge in [0.15, 0.2) is 0 Å². The lowest BCUT2D eigenvalue weighted by Crippen LogP contribution is -1.83. The Morgan fingerprint density at radius 3 is 2.41 bits per heavy atom. The number of nitrogens with zero attached hydrogens (tertiary/aromatic N) is 1. The Labute approximate surface area is 111 Å². The molecule has 0 N–H and O–H groups in total. The second-order valence-electron chi connectivity index (χ2n) is 3.66.